The van der Waals surface area contributed by atoms with Crippen molar-refractivity contribution in [2.75, 3.05) is 0 Å². The molecule has 1 atom stereocenters. The molecule has 78 valence electrons. The molecule has 1 unspecified atom stereocenters. The molecule has 1 aliphatic rings. The summed E-state index contributed by atoms with van der Waals surface area (Å²) in [6.45, 7) is 8.78. The van der Waals surface area contributed by atoms with E-state index in [0.717, 1.165) is 18.5 Å². The molecule has 0 fully saturated rings. The van der Waals surface area contributed by atoms with Gasteiger partial charge in [-0.1, -0.05) is 36.6 Å². The van der Waals surface area contributed by atoms with Crippen LogP contribution >= 0.6 is 0 Å². The van der Waals surface area contributed by atoms with Crippen molar-refractivity contribution in [2.24, 2.45) is 11.7 Å². The number of hydrogen-bond acceptors (Lipinski definition) is 1. The molecule has 14 heavy (non-hydrogen) atoms. The van der Waals surface area contributed by atoms with Crippen LogP contribution in [0.1, 0.15) is 40.5 Å². The van der Waals surface area contributed by atoms with Gasteiger partial charge >= 0.3 is 0 Å². The summed E-state index contributed by atoms with van der Waals surface area (Å²) < 4.78 is 0. The molecule has 1 heteroatoms. The molecule has 0 spiro atoms. The fourth-order valence-electron chi connectivity index (χ4n) is 1.76. The normalized spacial score (nSPS) is 36.4. The summed E-state index contributed by atoms with van der Waals surface area (Å²) in [6.07, 6.45) is 6.47. The van der Waals surface area contributed by atoms with Crippen molar-refractivity contribution >= 4 is 0 Å². The predicted octanol–water partition coefficient (Wildman–Crippen LogP) is 3.54. The zero-order valence-corrected chi connectivity index (χ0v) is 9.72. The van der Waals surface area contributed by atoms with E-state index in [0.29, 0.717) is 5.92 Å². The predicted molar refractivity (Wildman–Crippen MR) is 62.8 cm³/mol. The van der Waals surface area contributed by atoms with Crippen LogP contribution in [-0.2, 0) is 0 Å². The third kappa shape index (κ3) is 2.28. The van der Waals surface area contributed by atoms with Crippen molar-refractivity contribution in [3.05, 3.63) is 34.6 Å². The maximum Gasteiger partial charge on any atom is 0.0166 e. The Labute approximate surface area is 87.4 Å². The van der Waals surface area contributed by atoms with Crippen LogP contribution in [-0.4, -0.2) is 0 Å². The van der Waals surface area contributed by atoms with Crippen molar-refractivity contribution in [1.29, 1.82) is 0 Å². The highest BCUT2D eigenvalue weighted by Gasteiger charge is 2.12. The van der Waals surface area contributed by atoms with E-state index in [1.54, 1.807) is 0 Å². The summed E-state index contributed by atoms with van der Waals surface area (Å²) in [5.41, 5.74) is 11.4. The minimum Gasteiger partial charge on any atom is -0.402 e. The van der Waals surface area contributed by atoms with E-state index in [-0.39, 0.29) is 0 Å². The lowest BCUT2D eigenvalue weighted by molar-refractivity contribution is 0.760. The number of rotatable bonds is 1. The van der Waals surface area contributed by atoms with Crippen LogP contribution in [0.5, 0.6) is 0 Å². The minimum absolute atomic E-state index is 0.393. The molecule has 2 N–H and O–H groups in total. The van der Waals surface area contributed by atoms with Crippen LogP contribution in [0.2, 0.25) is 0 Å². The van der Waals surface area contributed by atoms with Crippen LogP contribution < -0.4 is 5.73 Å². The van der Waals surface area contributed by atoms with Crippen molar-refractivity contribution < 1.29 is 0 Å². The Bertz CT molecular complexity index is 299. The molecular formula is C13H21N. The number of allylic oxidation sites excluding steroid dienone is 5. The first kappa shape index (κ1) is 11.1. The molecule has 0 saturated heterocycles. The van der Waals surface area contributed by atoms with Gasteiger partial charge in [-0.15, -0.1) is 0 Å². The zero-order chi connectivity index (χ0) is 10.7. The molecule has 0 saturated carbocycles. The molecule has 0 bridgehead atoms. The molecule has 0 amide bonds. The monoisotopic (exact) mass is 191 g/mol. The first-order chi connectivity index (χ1) is 6.56. The Morgan fingerprint density at radius 2 is 2.00 bits per heavy atom. The maximum absolute atomic E-state index is 6.00. The topological polar surface area (TPSA) is 26.0 Å². The molecule has 0 radical (unpaired) electrons. The van der Waals surface area contributed by atoms with Gasteiger partial charge < -0.3 is 5.73 Å². The molecule has 1 aliphatic carbocycles. The summed E-state index contributed by atoms with van der Waals surface area (Å²) >= 11 is 0. The molecule has 1 nitrogen and oxygen atoms in total. The number of hydrogen-bond donors (Lipinski definition) is 1. The zero-order valence-electron chi connectivity index (χ0n) is 9.72. The molecular weight excluding hydrogens is 170 g/mol. The van der Waals surface area contributed by atoms with E-state index in [4.69, 9.17) is 5.73 Å². The van der Waals surface area contributed by atoms with E-state index in [9.17, 15) is 0 Å². The SMILES string of the molecule is CC/C1=C/C=C(/N)C(C)/C(C)=C(/C)C1. The second kappa shape index (κ2) is 4.50. The standard InChI is InChI=1S/C13H21N/c1-5-12-6-7-13(14)11(4)10(3)9(2)8-12/h6-7,11H,5,8,14H2,1-4H3/b10-9-,12-6-,13-7+. The third-order valence-electron chi connectivity index (χ3n) is 3.28. The summed E-state index contributed by atoms with van der Waals surface area (Å²) in [5, 5.41) is 0. The van der Waals surface area contributed by atoms with Crippen LogP contribution in [0.3, 0.4) is 0 Å². The Morgan fingerprint density at radius 3 is 2.57 bits per heavy atom. The molecule has 0 aromatic rings. The average molecular weight is 191 g/mol. The van der Waals surface area contributed by atoms with Crippen LogP contribution in [0.15, 0.2) is 34.6 Å². The van der Waals surface area contributed by atoms with Crippen LogP contribution in [0.25, 0.3) is 0 Å². The first-order valence-electron chi connectivity index (χ1n) is 5.37. The van der Waals surface area contributed by atoms with Gasteiger partial charge in [0.15, 0.2) is 0 Å². The van der Waals surface area contributed by atoms with E-state index in [1.165, 1.54) is 16.7 Å². The van der Waals surface area contributed by atoms with E-state index < -0.39 is 0 Å². The molecule has 0 aliphatic heterocycles. The Kier molecular flexibility index (Phi) is 3.56. The minimum atomic E-state index is 0.393. The largest absolute Gasteiger partial charge is 0.402 e. The molecule has 0 aromatic carbocycles. The average Bonchev–Trinajstić information content (AvgIpc) is 2.19. The van der Waals surface area contributed by atoms with Crippen molar-refractivity contribution in [3.63, 3.8) is 0 Å². The summed E-state index contributed by atoms with van der Waals surface area (Å²) in [7, 11) is 0. The van der Waals surface area contributed by atoms with Crippen molar-refractivity contribution in [3.8, 4) is 0 Å². The quantitative estimate of drug-likeness (QED) is 0.630. The van der Waals surface area contributed by atoms with Gasteiger partial charge in [0.2, 0.25) is 0 Å². The van der Waals surface area contributed by atoms with Gasteiger partial charge in [-0.05, 0) is 32.8 Å². The summed E-state index contributed by atoms with van der Waals surface area (Å²) in [6, 6.07) is 0. The van der Waals surface area contributed by atoms with Crippen LogP contribution in [0, 0.1) is 5.92 Å². The van der Waals surface area contributed by atoms with Gasteiger partial charge in [0.25, 0.3) is 0 Å². The van der Waals surface area contributed by atoms with Crippen molar-refractivity contribution in [2.45, 2.75) is 40.5 Å². The highest BCUT2D eigenvalue weighted by atomic mass is 14.6. The number of nitrogens with two attached hydrogens (primary N) is 1. The lowest BCUT2D eigenvalue weighted by atomic mass is 9.89. The van der Waals surface area contributed by atoms with Gasteiger partial charge in [0, 0.05) is 11.6 Å². The maximum atomic E-state index is 6.00. The first-order valence-corrected chi connectivity index (χ1v) is 5.37. The highest BCUT2D eigenvalue weighted by Crippen LogP contribution is 2.26. The Hall–Kier alpha value is -0.980. The lowest BCUT2D eigenvalue weighted by Crippen LogP contribution is -2.12. The Balaban J connectivity index is 3.09. The third-order valence-corrected chi connectivity index (χ3v) is 3.28. The van der Waals surface area contributed by atoms with Gasteiger partial charge in [-0.2, -0.15) is 0 Å². The summed E-state index contributed by atoms with van der Waals surface area (Å²) in [4.78, 5) is 0. The van der Waals surface area contributed by atoms with E-state index >= 15 is 0 Å². The molecule has 0 aromatic heterocycles. The van der Waals surface area contributed by atoms with Crippen LogP contribution in [0.4, 0.5) is 0 Å². The van der Waals surface area contributed by atoms with Gasteiger partial charge in [0.05, 0.1) is 0 Å². The fourth-order valence-corrected chi connectivity index (χ4v) is 1.76. The highest BCUT2D eigenvalue weighted by molar-refractivity contribution is 5.31. The summed E-state index contributed by atoms with van der Waals surface area (Å²) in [5.74, 6) is 0.393. The second-order valence-corrected chi connectivity index (χ2v) is 4.21. The van der Waals surface area contributed by atoms with Crippen molar-refractivity contribution in [1.82, 2.24) is 0 Å². The van der Waals surface area contributed by atoms with E-state index in [1.807, 2.05) is 0 Å². The molecule has 0 heterocycles. The fraction of sp³-hybridized carbons (Fsp3) is 0.538. The van der Waals surface area contributed by atoms with Gasteiger partial charge in [0.1, 0.15) is 0 Å². The lowest BCUT2D eigenvalue weighted by Gasteiger charge is -2.19. The Morgan fingerprint density at radius 1 is 1.36 bits per heavy atom. The second-order valence-electron chi connectivity index (χ2n) is 4.21. The van der Waals surface area contributed by atoms with E-state index in [2.05, 4.69) is 39.8 Å². The molecule has 1 rings (SSSR count). The van der Waals surface area contributed by atoms with Gasteiger partial charge in [-0.25, -0.2) is 0 Å². The smallest absolute Gasteiger partial charge is 0.0166 e. The van der Waals surface area contributed by atoms with Gasteiger partial charge in [-0.3, -0.25) is 0 Å².